The van der Waals surface area contributed by atoms with E-state index in [-0.39, 0.29) is 11.7 Å². The third-order valence-electron chi connectivity index (χ3n) is 1.97. The molecule has 1 nitrogen and oxygen atoms in total. The van der Waals surface area contributed by atoms with Crippen molar-refractivity contribution in [2.24, 2.45) is 5.92 Å². The van der Waals surface area contributed by atoms with Crippen LogP contribution in [0.2, 0.25) is 0 Å². The van der Waals surface area contributed by atoms with E-state index in [0.29, 0.717) is 0 Å². The van der Waals surface area contributed by atoms with Crippen LogP contribution in [-0.2, 0) is 11.2 Å². The van der Waals surface area contributed by atoms with Crippen molar-refractivity contribution in [3.8, 4) is 12.3 Å². The fourth-order valence-corrected chi connectivity index (χ4v) is 1.20. The summed E-state index contributed by atoms with van der Waals surface area (Å²) in [5, 5.41) is 0. The Bertz CT molecular complexity index is 319. The molecule has 0 aliphatic rings. The fourth-order valence-electron chi connectivity index (χ4n) is 1.20. The molecule has 0 saturated heterocycles. The van der Waals surface area contributed by atoms with Gasteiger partial charge in [0, 0.05) is 5.92 Å². The maximum absolute atomic E-state index is 11.1. The molecule has 0 heterocycles. The van der Waals surface area contributed by atoms with Crippen LogP contribution in [-0.4, -0.2) is 5.78 Å². The summed E-state index contributed by atoms with van der Waals surface area (Å²) in [6.45, 7) is 1.86. The average Bonchev–Trinajstić information content (AvgIpc) is 2.18. The van der Waals surface area contributed by atoms with Gasteiger partial charge in [0.1, 0.15) is 0 Å². The Hall–Kier alpha value is -1.55. The maximum atomic E-state index is 11.1. The smallest absolute Gasteiger partial charge is 0.208 e. The van der Waals surface area contributed by atoms with Gasteiger partial charge in [0.2, 0.25) is 5.78 Å². The standard InChI is InChI=1S/C12H12O/c1-3-12(13)10(2)9-11-7-5-4-6-8-11/h1,4-8,10H,9H2,2H3. The molecular formula is C12H12O. The summed E-state index contributed by atoms with van der Waals surface area (Å²) >= 11 is 0. The van der Waals surface area contributed by atoms with E-state index in [1.54, 1.807) is 0 Å². The van der Waals surface area contributed by atoms with Crippen LogP contribution in [0.15, 0.2) is 30.3 Å². The van der Waals surface area contributed by atoms with Crippen LogP contribution in [0.5, 0.6) is 0 Å². The molecule has 0 N–H and O–H groups in total. The molecule has 0 saturated carbocycles. The summed E-state index contributed by atoms with van der Waals surface area (Å²) in [6.07, 6.45) is 5.75. The number of Topliss-reactive ketones (excluding diaryl/α,β-unsaturated/α-hetero) is 1. The number of rotatable bonds is 3. The van der Waals surface area contributed by atoms with Gasteiger partial charge in [-0.25, -0.2) is 0 Å². The van der Waals surface area contributed by atoms with E-state index >= 15 is 0 Å². The zero-order valence-corrected chi connectivity index (χ0v) is 7.66. The van der Waals surface area contributed by atoms with Crippen molar-refractivity contribution < 1.29 is 4.79 Å². The van der Waals surface area contributed by atoms with Crippen LogP contribution < -0.4 is 0 Å². The molecule has 0 aliphatic carbocycles. The third kappa shape index (κ3) is 2.76. The Morgan fingerprint density at radius 2 is 2.08 bits per heavy atom. The van der Waals surface area contributed by atoms with Crippen molar-refractivity contribution in [2.75, 3.05) is 0 Å². The van der Waals surface area contributed by atoms with Crippen molar-refractivity contribution in [3.63, 3.8) is 0 Å². The largest absolute Gasteiger partial charge is 0.285 e. The summed E-state index contributed by atoms with van der Waals surface area (Å²) in [5.74, 6) is 1.95. The lowest BCUT2D eigenvalue weighted by molar-refractivity contribution is -0.116. The first-order valence-corrected chi connectivity index (χ1v) is 4.28. The van der Waals surface area contributed by atoms with E-state index in [1.165, 1.54) is 0 Å². The van der Waals surface area contributed by atoms with Crippen LogP contribution in [0.1, 0.15) is 12.5 Å². The number of ketones is 1. The van der Waals surface area contributed by atoms with Crippen molar-refractivity contribution in [2.45, 2.75) is 13.3 Å². The highest BCUT2D eigenvalue weighted by Crippen LogP contribution is 2.08. The van der Waals surface area contributed by atoms with Gasteiger partial charge in [-0.2, -0.15) is 0 Å². The minimum atomic E-state index is -0.121. The van der Waals surface area contributed by atoms with Gasteiger partial charge >= 0.3 is 0 Å². The highest BCUT2D eigenvalue weighted by molar-refractivity contribution is 5.96. The predicted molar refractivity (Wildman–Crippen MR) is 53.2 cm³/mol. The monoisotopic (exact) mass is 172 g/mol. The molecule has 1 aromatic carbocycles. The van der Waals surface area contributed by atoms with Gasteiger partial charge in [0.05, 0.1) is 0 Å². The second-order valence-electron chi connectivity index (χ2n) is 3.10. The van der Waals surface area contributed by atoms with Gasteiger partial charge in [-0.1, -0.05) is 37.3 Å². The lowest BCUT2D eigenvalue weighted by Gasteiger charge is -2.05. The summed E-state index contributed by atoms with van der Waals surface area (Å²) in [4.78, 5) is 11.1. The van der Waals surface area contributed by atoms with E-state index in [0.717, 1.165) is 12.0 Å². The Labute approximate surface area is 78.8 Å². The molecule has 0 bridgehead atoms. The lowest BCUT2D eigenvalue weighted by atomic mass is 9.98. The number of hydrogen-bond acceptors (Lipinski definition) is 1. The molecule has 0 aliphatic heterocycles. The number of carbonyl (C=O) groups excluding carboxylic acids is 1. The van der Waals surface area contributed by atoms with Gasteiger partial charge in [-0.05, 0) is 17.9 Å². The molecule has 1 atom stereocenters. The zero-order chi connectivity index (χ0) is 9.68. The fraction of sp³-hybridized carbons (Fsp3) is 0.250. The van der Waals surface area contributed by atoms with Crippen LogP contribution in [0, 0.1) is 18.3 Å². The average molecular weight is 172 g/mol. The van der Waals surface area contributed by atoms with Crippen molar-refractivity contribution >= 4 is 5.78 Å². The van der Waals surface area contributed by atoms with Crippen LogP contribution in [0.3, 0.4) is 0 Å². The van der Waals surface area contributed by atoms with E-state index in [9.17, 15) is 4.79 Å². The molecule has 0 radical (unpaired) electrons. The molecular weight excluding hydrogens is 160 g/mol. The Morgan fingerprint density at radius 1 is 1.46 bits per heavy atom. The first kappa shape index (κ1) is 9.54. The third-order valence-corrected chi connectivity index (χ3v) is 1.97. The molecule has 0 spiro atoms. The highest BCUT2D eigenvalue weighted by atomic mass is 16.1. The molecule has 66 valence electrons. The molecule has 1 aromatic rings. The second kappa shape index (κ2) is 4.47. The second-order valence-corrected chi connectivity index (χ2v) is 3.10. The predicted octanol–water partition coefficient (Wildman–Crippen LogP) is 2.07. The first-order valence-electron chi connectivity index (χ1n) is 4.28. The summed E-state index contributed by atoms with van der Waals surface area (Å²) in [5.41, 5.74) is 1.15. The van der Waals surface area contributed by atoms with Crippen LogP contribution in [0.25, 0.3) is 0 Å². The molecule has 0 amide bonds. The lowest BCUT2D eigenvalue weighted by Crippen LogP contribution is -2.10. The number of hydrogen-bond donors (Lipinski definition) is 0. The Morgan fingerprint density at radius 3 is 2.62 bits per heavy atom. The molecule has 0 aromatic heterocycles. The summed E-state index contributed by atoms with van der Waals surface area (Å²) in [7, 11) is 0. The highest BCUT2D eigenvalue weighted by Gasteiger charge is 2.09. The van der Waals surface area contributed by atoms with Crippen molar-refractivity contribution in [3.05, 3.63) is 35.9 Å². The van der Waals surface area contributed by atoms with Gasteiger partial charge in [-0.3, -0.25) is 4.79 Å². The normalized spacial score (nSPS) is 11.7. The quantitative estimate of drug-likeness (QED) is 0.504. The van der Waals surface area contributed by atoms with E-state index in [2.05, 4.69) is 5.92 Å². The molecule has 0 fully saturated rings. The van der Waals surface area contributed by atoms with Crippen LogP contribution in [0.4, 0.5) is 0 Å². The molecule has 1 rings (SSSR count). The first-order chi connectivity index (χ1) is 6.24. The Balaban J connectivity index is 2.61. The number of benzene rings is 1. The van der Waals surface area contributed by atoms with E-state index < -0.39 is 0 Å². The van der Waals surface area contributed by atoms with Crippen molar-refractivity contribution in [1.29, 1.82) is 0 Å². The maximum Gasteiger partial charge on any atom is 0.208 e. The summed E-state index contributed by atoms with van der Waals surface area (Å²) in [6, 6.07) is 9.88. The topological polar surface area (TPSA) is 17.1 Å². The van der Waals surface area contributed by atoms with E-state index in [4.69, 9.17) is 6.42 Å². The molecule has 13 heavy (non-hydrogen) atoms. The minimum absolute atomic E-state index is 0.0765. The summed E-state index contributed by atoms with van der Waals surface area (Å²) < 4.78 is 0. The zero-order valence-electron chi connectivity index (χ0n) is 7.66. The minimum Gasteiger partial charge on any atom is -0.285 e. The van der Waals surface area contributed by atoms with Gasteiger partial charge in [-0.15, -0.1) is 6.42 Å². The van der Waals surface area contributed by atoms with E-state index in [1.807, 2.05) is 37.3 Å². The van der Waals surface area contributed by atoms with Gasteiger partial charge < -0.3 is 0 Å². The molecule has 1 heteroatoms. The van der Waals surface area contributed by atoms with Gasteiger partial charge in [0.15, 0.2) is 0 Å². The molecule has 1 unspecified atom stereocenters. The van der Waals surface area contributed by atoms with Crippen LogP contribution >= 0.6 is 0 Å². The number of terminal acetylenes is 1. The SMILES string of the molecule is C#CC(=O)C(C)Cc1ccccc1. The number of carbonyl (C=O) groups is 1. The van der Waals surface area contributed by atoms with Crippen molar-refractivity contribution in [1.82, 2.24) is 0 Å². The Kier molecular flexibility index (Phi) is 3.28. The van der Waals surface area contributed by atoms with Gasteiger partial charge in [0.25, 0.3) is 0 Å².